The smallest absolute Gasteiger partial charge is 0.0622 e. The van der Waals surface area contributed by atoms with Crippen molar-refractivity contribution >= 4 is 40.8 Å². The summed E-state index contributed by atoms with van der Waals surface area (Å²) in [5, 5.41) is 0. The van der Waals surface area contributed by atoms with Gasteiger partial charge in [0, 0.05) is 0 Å². The molecular weight excluding hydrogens is 352 g/mol. The molecule has 0 fully saturated rings. The van der Waals surface area contributed by atoms with Crippen molar-refractivity contribution in [3.05, 3.63) is 83.3 Å². The van der Waals surface area contributed by atoms with Crippen molar-refractivity contribution in [1.29, 1.82) is 0 Å². The van der Waals surface area contributed by atoms with Gasteiger partial charge in [0.1, 0.15) is 0 Å². The Morgan fingerprint density at radius 3 is 1.28 bits per heavy atom. The van der Waals surface area contributed by atoms with Crippen LogP contribution in [0.25, 0.3) is 8.96 Å². The van der Waals surface area contributed by atoms with Gasteiger partial charge in [-0.15, -0.1) is 0 Å². The van der Waals surface area contributed by atoms with E-state index in [1.54, 1.807) is 0 Å². The number of rotatable bonds is 2. The SMILES string of the molecule is BrC(=C=C=C(Br)c1ccccc1)c1ccccc1. The molecule has 2 aromatic rings. The predicted molar refractivity (Wildman–Crippen MR) is 84.6 cm³/mol. The molecule has 2 heteroatoms. The van der Waals surface area contributed by atoms with Crippen LogP contribution in [0.4, 0.5) is 0 Å². The summed E-state index contributed by atoms with van der Waals surface area (Å²) in [5.41, 5.74) is 8.36. The first-order valence-electron chi connectivity index (χ1n) is 5.45. The van der Waals surface area contributed by atoms with Crippen LogP contribution < -0.4 is 0 Å². The molecule has 2 rings (SSSR count). The highest BCUT2D eigenvalue weighted by Crippen LogP contribution is 2.21. The Morgan fingerprint density at radius 2 is 0.944 bits per heavy atom. The highest BCUT2D eigenvalue weighted by atomic mass is 79.9. The molecule has 0 spiro atoms. The van der Waals surface area contributed by atoms with Crippen molar-refractivity contribution in [3.63, 3.8) is 0 Å². The molecule has 0 heterocycles. The Bertz CT molecular complexity index is 557. The van der Waals surface area contributed by atoms with Crippen LogP contribution in [0.1, 0.15) is 11.1 Å². The molecule has 0 aromatic heterocycles. The van der Waals surface area contributed by atoms with Crippen LogP contribution >= 0.6 is 31.9 Å². The molecular formula is C16H10Br2. The second-order valence-electron chi connectivity index (χ2n) is 3.61. The zero-order chi connectivity index (χ0) is 12.8. The maximum atomic E-state index is 3.50. The molecule has 0 aliphatic heterocycles. The third-order valence-electron chi connectivity index (χ3n) is 2.34. The van der Waals surface area contributed by atoms with Crippen LogP contribution in [-0.4, -0.2) is 0 Å². The Kier molecular flexibility index (Phi) is 4.81. The Balaban J connectivity index is 2.40. The zero-order valence-corrected chi connectivity index (χ0v) is 12.7. The van der Waals surface area contributed by atoms with Gasteiger partial charge in [0.15, 0.2) is 0 Å². The maximum Gasteiger partial charge on any atom is 0.0750 e. The monoisotopic (exact) mass is 360 g/mol. The number of benzene rings is 2. The van der Waals surface area contributed by atoms with Crippen LogP contribution in [0.5, 0.6) is 0 Å². The van der Waals surface area contributed by atoms with Crippen LogP contribution in [0.15, 0.2) is 72.1 Å². The van der Waals surface area contributed by atoms with Crippen molar-refractivity contribution < 1.29 is 0 Å². The Hall–Kier alpha value is -1.30. The Labute approximate surface area is 124 Å². The molecule has 0 aliphatic rings. The van der Waals surface area contributed by atoms with Gasteiger partial charge in [0.25, 0.3) is 0 Å². The first-order valence-corrected chi connectivity index (χ1v) is 7.04. The van der Waals surface area contributed by atoms with E-state index in [-0.39, 0.29) is 0 Å². The lowest BCUT2D eigenvalue weighted by atomic mass is 10.2. The van der Waals surface area contributed by atoms with Gasteiger partial charge in [-0.05, 0) is 43.0 Å². The standard InChI is InChI=1S/C16H10Br2/c17-15(13-7-3-1-4-8-13)11-12-16(18)14-9-5-2-6-10-14/h1-10H. The van der Waals surface area contributed by atoms with Gasteiger partial charge in [0.05, 0.1) is 8.96 Å². The zero-order valence-electron chi connectivity index (χ0n) is 9.53. The summed E-state index contributed by atoms with van der Waals surface area (Å²) in [6, 6.07) is 20.0. The number of hydrogen-bond acceptors (Lipinski definition) is 0. The lowest BCUT2D eigenvalue weighted by Crippen LogP contribution is -1.73. The summed E-state index contributed by atoms with van der Waals surface area (Å²) in [4.78, 5) is 0. The first kappa shape index (κ1) is 13.1. The second-order valence-corrected chi connectivity index (χ2v) is 5.20. The molecule has 0 bridgehead atoms. The normalized spacial score (nSPS) is 9.22. The van der Waals surface area contributed by atoms with Crippen molar-refractivity contribution in [2.75, 3.05) is 0 Å². The summed E-state index contributed by atoms with van der Waals surface area (Å²) < 4.78 is 1.77. The topological polar surface area (TPSA) is 0 Å². The van der Waals surface area contributed by atoms with Gasteiger partial charge < -0.3 is 0 Å². The molecule has 2 aromatic carbocycles. The van der Waals surface area contributed by atoms with Crippen molar-refractivity contribution in [2.24, 2.45) is 0 Å². The fourth-order valence-electron chi connectivity index (χ4n) is 1.42. The molecule has 88 valence electrons. The molecule has 0 nitrogen and oxygen atoms in total. The third-order valence-corrected chi connectivity index (χ3v) is 3.65. The van der Waals surface area contributed by atoms with Crippen molar-refractivity contribution in [3.8, 4) is 0 Å². The third kappa shape index (κ3) is 3.60. The van der Waals surface area contributed by atoms with Crippen molar-refractivity contribution in [1.82, 2.24) is 0 Å². The second kappa shape index (κ2) is 6.58. The number of halogens is 2. The molecule has 0 aliphatic carbocycles. The van der Waals surface area contributed by atoms with Gasteiger partial charge in [0.2, 0.25) is 0 Å². The molecule has 18 heavy (non-hydrogen) atoms. The van der Waals surface area contributed by atoms with E-state index < -0.39 is 0 Å². The van der Waals surface area contributed by atoms with Crippen molar-refractivity contribution in [2.45, 2.75) is 0 Å². The highest BCUT2D eigenvalue weighted by Gasteiger charge is 1.95. The quantitative estimate of drug-likeness (QED) is 0.609. The van der Waals surface area contributed by atoms with Gasteiger partial charge >= 0.3 is 0 Å². The first-order chi connectivity index (χ1) is 8.77. The summed E-state index contributed by atoms with van der Waals surface area (Å²) in [7, 11) is 0. The van der Waals surface area contributed by atoms with E-state index in [9.17, 15) is 0 Å². The van der Waals surface area contributed by atoms with Gasteiger partial charge in [-0.2, -0.15) is 0 Å². The van der Waals surface area contributed by atoms with E-state index >= 15 is 0 Å². The molecule has 0 N–H and O–H groups in total. The molecule has 0 amide bonds. The summed E-state index contributed by atoms with van der Waals surface area (Å²) >= 11 is 6.99. The van der Waals surface area contributed by atoms with E-state index in [0.717, 1.165) is 20.1 Å². The predicted octanol–water partition coefficient (Wildman–Crippen LogP) is 5.61. The van der Waals surface area contributed by atoms with E-state index in [1.807, 2.05) is 60.7 Å². The van der Waals surface area contributed by atoms with Crippen LogP contribution in [0.2, 0.25) is 0 Å². The molecule has 0 saturated carbocycles. The molecule has 0 saturated heterocycles. The average molecular weight is 362 g/mol. The van der Waals surface area contributed by atoms with Gasteiger partial charge in [-0.3, -0.25) is 0 Å². The minimum absolute atomic E-state index is 0.885. The van der Waals surface area contributed by atoms with Gasteiger partial charge in [-0.25, -0.2) is 0 Å². The van der Waals surface area contributed by atoms with Crippen LogP contribution in [0.3, 0.4) is 0 Å². The lowest BCUT2D eigenvalue weighted by molar-refractivity contribution is 1.65. The minimum Gasteiger partial charge on any atom is -0.0622 e. The Morgan fingerprint density at radius 1 is 0.611 bits per heavy atom. The molecule has 0 radical (unpaired) electrons. The molecule has 0 unspecified atom stereocenters. The maximum absolute atomic E-state index is 3.50. The summed E-state index contributed by atoms with van der Waals surface area (Å²) in [6.45, 7) is 0. The van der Waals surface area contributed by atoms with E-state index in [0.29, 0.717) is 0 Å². The fraction of sp³-hybridized carbons (Fsp3) is 0. The largest absolute Gasteiger partial charge is 0.0750 e. The average Bonchev–Trinajstić information content (AvgIpc) is 2.46. The van der Waals surface area contributed by atoms with Gasteiger partial charge in [-0.1, -0.05) is 72.1 Å². The summed E-state index contributed by atoms with van der Waals surface area (Å²) in [5.74, 6) is 0. The molecule has 0 atom stereocenters. The number of hydrogen-bond donors (Lipinski definition) is 0. The minimum atomic E-state index is 0.885. The van der Waals surface area contributed by atoms with E-state index in [2.05, 4.69) is 43.3 Å². The van der Waals surface area contributed by atoms with Crippen LogP contribution in [-0.2, 0) is 0 Å². The van der Waals surface area contributed by atoms with E-state index in [1.165, 1.54) is 0 Å². The van der Waals surface area contributed by atoms with E-state index in [4.69, 9.17) is 0 Å². The fourth-order valence-corrected chi connectivity index (χ4v) is 2.15. The van der Waals surface area contributed by atoms with Crippen LogP contribution in [0, 0.1) is 0 Å². The highest BCUT2D eigenvalue weighted by molar-refractivity contribution is 9.15. The lowest BCUT2D eigenvalue weighted by Gasteiger charge is -1.94. The summed E-state index contributed by atoms with van der Waals surface area (Å²) in [6.07, 6.45) is 0.